The first-order valence-corrected chi connectivity index (χ1v) is 9.08. The zero-order valence-corrected chi connectivity index (χ0v) is 14.9. The van der Waals surface area contributed by atoms with E-state index in [-0.39, 0.29) is 16.3 Å². The minimum atomic E-state index is -3.89. The Morgan fingerprint density at radius 2 is 2.04 bits per heavy atom. The second-order valence-corrected chi connectivity index (χ2v) is 7.19. The number of benzene rings is 1. The maximum atomic E-state index is 12.4. The average molecular weight is 351 g/mol. The fraction of sp³-hybridized carbons (Fsp3) is 0.375. The number of aromatic nitrogens is 1. The summed E-state index contributed by atoms with van der Waals surface area (Å²) < 4.78 is 32.0. The second kappa shape index (κ2) is 7.14. The number of anilines is 1. The van der Waals surface area contributed by atoms with Gasteiger partial charge in [-0.3, -0.25) is 4.79 Å². The topological polar surface area (TPSA) is 101 Å². The van der Waals surface area contributed by atoms with Gasteiger partial charge in [0.15, 0.2) is 5.76 Å². The van der Waals surface area contributed by atoms with Crippen molar-refractivity contribution in [2.45, 2.75) is 45.1 Å². The molecule has 0 saturated carbocycles. The van der Waals surface area contributed by atoms with Gasteiger partial charge in [-0.1, -0.05) is 24.2 Å². The lowest BCUT2D eigenvalue weighted by Crippen LogP contribution is -2.41. The fourth-order valence-electron chi connectivity index (χ4n) is 2.32. The summed E-state index contributed by atoms with van der Waals surface area (Å²) in [5, 5.41) is 6.34. The molecular formula is C16H21N3O4S. The van der Waals surface area contributed by atoms with Crippen LogP contribution in [0.25, 0.3) is 0 Å². The van der Waals surface area contributed by atoms with Gasteiger partial charge in [-0.15, -0.1) is 0 Å². The molecule has 7 nitrogen and oxygen atoms in total. The molecule has 0 spiro atoms. The molecule has 1 aromatic heterocycles. The Morgan fingerprint density at radius 1 is 1.33 bits per heavy atom. The first-order valence-electron chi connectivity index (χ1n) is 7.59. The molecule has 0 aliphatic heterocycles. The highest BCUT2D eigenvalue weighted by Crippen LogP contribution is 2.19. The summed E-state index contributed by atoms with van der Waals surface area (Å²) in [5.74, 6) is -0.262. The standard InChI is InChI=1S/C16H21N3O4S/c1-5-13-7-6-8-14(9-13)17-16(20)11(3)19-24(21,22)15-10(2)18-23-12(15)4/h6-9,11,19H,5H2,1-4H3,(H,17,20)/t11-/m1/s1. The van der Waals surface area contributed by atoms with Crippen LogP contribution in [0.4, 0.5) is 5.69 Å². The smallest absolute Gasteiger partial charge is 0.246 e. The third-order valence-corrected chi connectivity index (χ3v) is 5.35. The van der Waals surface area contributed by atoms with Gasteiger partial charge in [0.05, 0.1) is 6.04 Å². The van der Waals surface area contributed by atoms with Gasteiger partial charge in [0.2, 0.25) is 15.9 Å². The summed E-state index contributed by atoms with van der Waals surface area (Å²) in [4.78, 5) is 12.2. The minimum absolute atomic E-state index is 0.0323. The van der Waals surface area contributed by atoms with Crippen LogP contribution in [0.5, 0.6) is 0 Å². The molecule has 1 amide bonds. The van der Waals surface area contributed by atoms with E-state index in [0.717, 1.165) is 12.0 Å². The van der Waals surface area contributed by atoms with E-state index < -0.39 is 22.0 Å². The maximum Gasteiger partial charge on any atom is 0.246 e. The first-order chi connectivity index (χ1) is 11.2. The number of hydrogen-bond donors (Lipinski definition) is 2. The van der Waals surface area contributed by atoms with Gasteiger partial charge in [0, 0.05) is 5.69 Å². The van der Waals surface area contributed by atoms with Crippen LogP contribution in [0, 0.1) is 13.8 Å². The summed E-state index contributed by atoms with van der Waals surface area (Å²) in [6.07, 6.45) is 0.845. The maximum absolute atomic E-state index is 12.4. The molecule has 8 heteroatoms. The summed E-state index contributed by atoms with van der Waals surface area (Å²) in [6.45, 7) is 6.54. The lowest BCUT2D eigenvalue weighted by molar-refractivity contribution is -0.117. The zero-order chi connectivity index (χ0) is 17.9. The van der Waals surface area contributed by atoms with Crippen molar-refractivity contribution in [3.8, 4) is 0 Å². The number of hydrogen-bond acceptors (Lipinski definition) is 5. The van der Waals surface area contributed by atoms with Crippen LogP contribution in [0.2, 0.25) is 0 Å². The molecule has 2 aromatic rings. The Bertz CT molecular complexity index is 823. The van der Waals surface area contributed by atoms with E-state index >= 15 is 0 Å². The van der Waals surface area contributed by atoms with E-state index in [4.69, 9.17) is 4.52 Å². The molecule has 0 fully saturated rings. The molecule has 0 aliphatic rings. The monoisotopic (exact) mass is 351 g/mol. The van der Waals surface area contributed by atoms with Gasteiger partial charge in [-0.25, -0.2) is 8.42 Å². The van der Waals surface area contributed by atoms with Crippen LogP contribution in [0.1, 0.15) is 30.9 Å². The SMILES string of the molecule is CCc1cccc(NC(=O)[C@@H](C)NS(=O)(=O)c2c(C)noc2C)c1. The Hall–Kier alpha value is -2.19. The highest BCUT2D eigenvalue weighted by atomic mass is 32.2. The molecule has 0 unspecified atom stereocenters. The number of aryl methyl sites for hydroxylation is 3. The molecule has 0 bridgehead atoms. The lowest BCUT2D eigenvalue weighted by atomic mass is 10.1. The molecule has 0 aliphatic carbocycles. The van der Waals surface area contributed by atoms with E-state index in [2.05, 4.69) is 15.2 Å². The van der Waals surface area contributed by atoms with Gasteiger partial charge in [0.1, 0.15) is 10.6 Å². The van der Waals surface area contributed by atoms with Gasteiger partial charge < -0.3 is 9.84 Å². The number of nitrogens with zero attached hydrogens (tertiary/aromatic N) is 1. The number of amides is 1. The van der Waals surface area contributed by atoms with Gasteiger partial charge in [-0.05, 0) is 44.9 Å². The largest absolute Gasteiger partial charge is 0.360 e. The molecule has 1 atom stereocenters. The van der Waals surface area contributed by atoms with Crippen molar-refractivity contribution in [2.24, 2.45) is 0 Å². The Morgan fingerprint density at radius 3 is 2.62 bits per heavy atom. The minimum Gasteiger partial charge on any atom is -0.360 e. The number of carbonyl (C=O) groups excluding carboxylic acids is 1. The van der Waals surface area contributed by atoms with Crippen molar-refractivity contribution in [1.82, 2.24) is 9.88 Å². The highest BCUT2D eigenvalue weighted by molar-refractivity contribution is 7.89. The Balaban J connectivity index is 2.11. The molecule has 2 rings (SSSR count). The van der Waals surface area contributed by atoms with Crippen LogP contribution in [-0.2, 0) is 21.2 Å². The van der Waals surface area contributed by atoms with Crippen molar-refractivity contribution in [3.63, 3.8) is 0 Å². The zero-order valence-electron chi connectivity index (χ0n) is 14.1. The number of carbonyl (C=O) groups is 1. The number of nitrogens with one attached hydrogen (secondary N) is 2. The lowest BCUT2D eigenvalue weighted by Gasteiger charge is -2.14. The van der Waals surface area contributed by atoms with Crippen molar-refractivity contribution < 1.29 is 17.7 Å². The molecule has 0 saturated heterocycles. The van der Waals surface area contributed by atoms with E-state index in [1.807, 2.05) is 25.1 Å². The van der Waals surface area contributed by atoms with Crippen molar-refractivity contribution in [1.29, 1.82) is 0 Å². The highest BCUT2D eigenvalue weighted by Gasteiger charge is 2.28. The van der Waals surface area contributed by atoms with Crippen LogP contribution in [0.3, 0.4) is 0 Å². The predicted octanol–water partition coefficient (Wildman–Crippen LogP) is 2.16. The summed E-state index contributed by atoms with van der Waals surface area (Å²) in [6, 6.07) is 6.46. The average Bonchev–Trinajstić information content (AvgIpc) is 2.86. The van der Waals surface area contributed by atoms with Crippen LogP contribution >= 0.6 is 0 Å². The van der Waals surface area contributed by atoms with Gasteiger partial charge in [0.25, 0.3) is 0 Å². The van der Waals surface area contributed by atoms with Gasteiger partial charge >= 0.3 is 0 Å². The quantitative estimate of drug-likeness (QED) is 0.830. The van der Waals surface area contributed by atoms with E-state index in [1.165, 1.54) is 20.8 Å². The van der Waals surface area contributed by atoms with E-state index in [9.17, 15) is 13.2 Å². The van der Waals surface area contributed by atoms with E-state index in [1.54, 1.807) is 6.07 Å². The third-order valence-electron chi connectivity index (χ3n) is 3.56. The molecular weight excluding hydrogens is 330 g/mol. The molecule has 2 N–H and O–H groups in total. The molecule has 1 aromatic carbocycles. The summed E-state index contributed by atoms with van der Waals surface area (Å²) in [7, 11) is -3.89. The number of sulfonamides is 1. The van der Waals surface area contributed by atoms with E-state index in [0.29, 0.717) is 5.69 Å². The Labute approximate surface area is 141 Å². The Kier molecular flexibility index (Phi) is 5.40. The molecule has 130 valence electrons. The normalized spacial score (nSPS) is 12.8. The van der Waals surface area contributed by atoms with Crippen molar-refractivity contribution in [2.75, 3.05) is 5.32 Å². The van der Waals surface area contributed by atoms with Crippen LogP contribution < -0.4 is 10.0 Å². The second-order valence-electron chi connectivity index (χ2n) is 5.54. The molecule has 24 heavy (non-hydrogen) atoms. The molecule has 0 radical (unpaired) electrons. The molecule has 1 heterocycles. The summed E-state index contributed by atoms with van der Waals surface area (Å²) in [5.41, 5.74) is 1.96. The van der Waals surface area contributed by atoms with Crippen molar-refractivity contribution >= 4 is 21.6 Å². The fourth-order valence-corrected chi connectivity index (χ4v) is 3.86. The number of rotatable bonds is 6. The van der Waals surface area contributed by atoms with Crippen LogP contribution in [0.15, 0.2) is 33.7 Å². The summed E-state index contributed by atoms with van der Waals surface area (Å²) >= 11 is 0. The first kappa shape index (κ1) is 18.2. The third kappa shape index (κ3) is 4.01. The van der Waals surface area contributed by atoms with Crippen molar-refractivity contribution in [3.05, 3.63) is 41.3 Å². The van der Waals surface area contributed by atoms with Crippen LogP contribution in [-0.4, -0.2) is 25.5 Å². The predicted molar refractivity (Wildman–Crippen MR) is 90.2 cm³/mol. The van der Waals surface area contributed by atoms with Gasteiger partial charge in [-0.2, -0.15) is 4.72 Å².